The van der Waals surface area contributed by atoms with Crippen molar-refractivity contribution in [2.75, 3.05) is 7.05 Å². The van der Waals surface area contributed by atoms with E-state index < -0.39 is 11.4 Å². The van der Waals surface area contributed by atoms with Crippen LogP contribution in [0, 0.1) is 26.2 Å². The molecule has 1 fully saturated rings. The van der Waals surface area contributed by atoms with Gasteiger partial charge in [-0.3, -0.25) is 4.79 Å². The highest BCUT2D eigenvalue weighted by Crippen LogP contribution is 2.55. The maximum atomic E-state index is 11.5. The number of aryl methyl sites for hydroxylation is 1. The predicted molar refractivity (Wildman–Crippen MR) is 71.8 cm³/mol. The van der Waals surface area contributed by atoms with E-state index in [2.05, 4.69) is 38.2 Å². The minimum absolute atomic E-state index is 0.0886. The van der Waals surface area contributed by atoms with Gasteiger partial charge >= 0.3 is 5.97 Å². The maximum Gasteiger partial charge on any atom is 0.311 e. The molecule has 1 aromatic carbocycles. The molecule has 0 aliphatic heterocycles. The summed E-state index contributed by atoms with van der Waals surface area (Å²) < 4.78 is 0. The molecule has 18 heavy (non-hydrogen) atoms. The van der Waals surface area contributed by atoms with Gasteiger partial charge in [0, 0.05) is 6.04 Å². The number of hydrogen-bond acceptors (Lipinski definition) is 2. The zero-order valence-corrected chi connectivity index (χ0v) is 11.5. The van der Waals surface area contributed by atoms with Gasteiger partial charge in [-0.2, -0.15) is 0 Å². The third-order valence-electron chi connectivity index (χ3n) is 4.47. The van der Waals surface area contributed by atoms with E-state index >= 15 is 0 Å². The molecule has 3 heteroatoms. The van der Waals surface area contributed by atoms with Crippen LogP contribution in [0.1, 0.15) is 41.1 Å². The third kappa shape index (κ3) is 1.83. The van der Waals surface area contributed by atoms with Crippen molar-refractivity contribution in [3.8, 4) is 0 Å². The highest BCUT2D eigenvalue weighted by Gasteiger charge is 2.56. The van der Waals surface area contributed by atoms with Gasteiger partial charge in [0.1, 0.15) is 0 Å². The quantitative estimate of drug-likeness (QED) is 0.860. The minimum Gasteiger partial charge on any atom is -0.481 e. The van der Waals surface area contributed by atoms with Crippen LogP contribution in [0.25, 0.3) is 0 Å². The van der Waals surface area contributed by atoms with Gasteiger partial charge < -0.3 is 10.4 Å². The summed E-state index contributed by atoms with van der Waals surface area (Å²) in [4.78, 5) is 11.5. The first kappa shape index (κ1) is 13.1. The molecule has 1 aromatic rings. The zero-order chi connectivity index (χ0) is 13.5. The molecule has 0 radical (unpaired) electrons. The van der Waals surface area contributed by atoms with Crippen molar-refractivity contribution in [1.29, 1.82) is 0 Å². The average Bonchev–Trinajstić information content (AvgIpc) is 3.11. The highest BCUT2D eigenvalue weighted by atomic mass is 16.4. The molecule has 0 spiro atoms. The standard InChI is InChI=1S/C15H21NO2/c1-9-5-6-12(11(3)10(9)2)13(16-4)15(7-8-15)14(17)18/h5-6,13,16H,7-8H2,1-4H3,(H,17,18). The van der Waals surface area contributed by atoms with Crippen molar-refractivity contribution < 1.29 is 9.90 Å². The van der Waals surface area contributed by atoms with Crippen LogP contribution in [0.3, 0.4) is 0 Å². The molecule has 98 valence electrons. The van der Waals surface area contributed by atoms with Crippen LogP contribution in [-0.4, -0.2) is 18.1 Å². The second kappa shape index (κ2) is 4.39. The molecule has 0 saturated heterocycles. The Bertz CT molecular complexity index is 490. The van der Waals surface area contributed by atoms with Gasteiger partial charge in [0.05, 0.1) is 5.41 Å². The molecule has 2 N–H and O–H groups in total. The average molecular weight is 247 g/mol. The Balaban J connectivity index is 2.47. The van der Waals surface area contributed by atoms with Crippen molar-refractivity contribution in [3.05, 3.63) is 34.4 Å². The molecule has 1 aliphatic carbocycles. The lowest BCUT2D eigenvalue weighted by Gasteiger charge is -2.26. The first-order valence-electron chi connectivity index (χ1n) is 6.41. The molecular weight excluding hydrogens is 226 g/mol. The molecule has 0 amide bonds. The number of carbonyl (C=O) groups is 1. The summed E-state index contributed by atoms with van der Waals surface area (Å²) in [5.41, 5.74) is 4.25. The molecule has 1 saturated carbocycles. The van der Waals surface area contributed by atoms with Gasteiger partial charge in [-0.25, -0.2) is 0 Å². The molecule has 0 aromatic heterocycles. The van der Waals surface area contributed by atoms with Crippen LogP contribution in [-0.2, 0) is 4.79 Å². The van der Waals surface area contributed by atoms with Gasteiger partial charge in [-0.1, -0.05) is 12.1 Å². The summed E-state index contributed by atoms with van der Waals surface area (Å²) in [6, 6.07) is 4.07. The van der Waals surface area contributed by atoms with Crippen molar-refractivity contribution >= 4 is 5.97 Å². The van der Waals surface area contributed by atoms with E-state index in [1.165, 1.54) is 16.7 Å². The van der Waals surface area contributed by atoms with Crippen LogP contribution in [0.2, 0.25) is 0 Å². The van der Waals surface area contributed by atoms with Gasteiger partial charge in [-0.15, -0.1) is 0 Å². The second-order valence-electron chi connectivity index (χ2n) is 5.40. The molecule has 1 atom stereocenters. The second-order valence-corrected chi connectivity index (χ2v) is 5.40. The first-order chi connectivity index (χ1) is 8.44. The van der Waals surface area contributed by atoms with E-state index in [-0.39, 0.29) is 6.04 Å². The Kier molecular flexibility index (Phi) is 3.20. The lowest BCUT2D eigenvalue weighted by atomic mass is 9.85. The van der Waals surface area contributed by atoms with Crippen LogP contribution in [0.5, 0.6) is 0 Å². The van der Waals surface area contributed by atoms with Crippen molar-refractivity contribution in [3.63, 3.8) is 0 Å². The third-order valence-corrected chi connectivity index (χ3v) is 4.47. The smallest absolute Gasteiger partial charge is 0.311 e. The van der Waals surface area contributed by atoms with Gasteiger partial charge in [0.15, 0.2) is 0 Å². The Labute approximate surface area is 108 Å². The van der Waals surface area contributed by atoms with E-state index in [1.54, 1.807) is 0 Å². The number of hydrogen-bond donors (Lipinski definition) is 2. The van der Waals surface area contributed by atoms with E-state index in [9.17, 15) is 9.90 Å². The Hall–Kier alpha value is -1.35. The molecule has 1 unspecified atom stereocenters. The fourth-order valence-electron chi connectivity index (χ4n) is 2.78. The summed E-state index contributed by atoms with van der Waals surface area (Å²) in [6.07, 6.45) is 1.53. The van der Waals surface area contributed by atoms with Crippen LogP contribution < -0.4 is 5.32 Å². The monoisotopic (exact) mass is 247 g/mol. The fourth-order valence-corrected chi connectivity index (χ4v) is 2.78. The van der Waals surface area contributed by atoms with E-state index in [0.29, 0.717) is 0 Å². The topological polar surface area (TPSA) is 49.3 Å². The Morgan fingerprint density at radius 3 is 2.33 bits per heavy atom. The zero-order valence-electron chi connectivity index (χ0n) is 11.5. The van der Waals surface area contributed by atoms with E-state index in [0.717, 1.165) is 18.4 Å². The minimum atomic E-state index is -0.681. The summed E-state index contributed by atoms with van der Waals surface area (Å²) >= 11 is 0. The van der Waals surface area contributed by atoms with Crippen LogP contribution in [0.4, 0.5) is 0 Å². The normalized spacial score (nSPS) is 18.4. The van der Waals surface area contributed by atoms with E-state index in [4.69, 9.17) is 0 Å². The van der Waals surface area contributed by atoms with E-state index in [1.807, 2.05) is 7.05 Å². The molecule has 0 heterocycles. The molecule has 1 aliphatic rings. The van der Waals surface area contributed by atoms with Crippen LogP contribution >= 0.6 is 0 Å². The number of nitrogens with one attached hydrogen (secondary N) is 1. The Morgan fingerprint density at radius 2 is 1.89 bits per heavy atom. The Morgan fingerprint density at radius 1 is 1.28 bits per heavy atom. The van der Waals surface area contributed by atoms with Gasteiger partial charge in [-0.05, 0) is 62.9 Å². The highest BCUT2D eigenvalue weighted by molar-refractivity contribution is 5.79. The summed E-state index contributed by atoms with van der Waals surface area (Å²) in [6.45, 7) is 6.27. The molecule has 2 rings (SSSR count). The summed E-state index contributed by atoms with van der Waals surface area (Å²) in [7, 11) is 1.85. The summed E-state index contributed by atoms with van der Waals surface area (Å²) in [5, 5.41) is 12.7. The lowest BCUT2D eigenvalue weighted by molar-refractivity contribution is -0.144. The van der Waals surface area contributed by atoms with Crippen molar-refractivity contribution in [2.45, 2.75) is 39.7 Å². The fraction of sp³-hybridized carbons (Fsp3) is 0.533. The predicted octanol–water partition coefficient (Wildman–Crippen LogP) is 2.74. The molecular formula is C15H21NO2. The lowest BCUT2D eigenvalue weighted by Crippen LogP contribution is -2.33. The SMILES string of the molecule is CNC(c1ccc(C)c(C)c1C)C1(C(=O)O)CC1. The number of benzene rings is 1. The molecule has 3 nitrogen and oxygen atoms in total. The maximum absolute atomic E-state index is 11.5. The number of aliphatic carboxylic acids is 1. The number of rotatable bonds is 4. The summed E-state index contributed by atoms with van der Waals surface area (Å²) in [5.74, 6) is -0.681. The van der Waals surface area contributed by atoms with Gasteiger partial charge in [0.2, 0.25) is 0 Å². The number of carboxylic acid groups (broad SMARTS) is 1. The number of carboxylic acids is 1. The molecule has 0 bridgehead atoms. The first-order valence-corrected chi connectivity index (χ1v) is 6.41. The van der Waals surface area contributed by atoms with Crippen molar-refractivity contribution in [1.82, 2.24) is 5.32 Å². The van der Waals surface area contributed by atoms with Gasteiger partial charge in [0.25, 0.3) is 0 Å². The van der Waals surface area contributed by atoms with Crippen LogP contribution in [0.15, 0.2) is 12.1 Å². The van der Waals surface area contributed by atoms with Crippen molar-refractivity contribution in [2.24, 2.45) is 5.41 Å². The largest absolute Gasteiger partial charge is 0.481 e.